The lowest BCUT2D eigenvalue weighted by atomic mass is 9.84. The first-order valence-electron chi connectivity index (χ1n) is 8.39. The molecule has 2 aliphatic rings. The van der Waals surface area contributed by atoms with Crippen molar-refractivity contribution in [3.8, 4) is 0 Å². The number of aliphatic hydroxyl groups excluding tert-OH is 1. The van der Waals surface area contributed by atoms with E-state index < -0.39 is 0 Å². The largest absolute Gasteiger partial charge is 0.392 e. The standard InChI is InChI=1S/C18H26N2O2/c1-12(17-9-13-6-7-14(17)8-13)20-18(22)19-10-15-4-2-3-5-16(15)11-21/h2-5,12-14,17,21H,6-11H2,1H3,(H2,19,20,22). The maximum absolute atomic E-state index is 12.1. The van der Waals surface area contributed by atoms with Crippen LogP contribution in [0.25, 0.3) is 0 Å². The number of hydrogen-bond donors (Lipinski definition) is 3. The number of rotatable bonds is 5. The number of fused-ring (bicyclic) bond motifs is 2. The van der Waals surface area contributed by atoms with E-state index in [1.807, 2.05) is 24.3 Å². The van der Waals surface area contributed by atoms with Gasteiger partial charge in [0.05, 0.1) is 6.61 Å². The van der Waals surface area contributed by atoms with Crippen LogP contribution in [0.15, 0.2) is 24.3 Å². The molecule has 3 N–H and O–H groups in total. The summed E-state index contributed by atoms with van der Waals surface area (Å²) in [6.45, 7) is 2.58. The fourth-order valence-corrected chi connectivity index (χ4v) is 4.33. The Labute approximate surface area is 132 Å². The topological polar surface area (TPSA) is 61.4 Å². The predicted molar refractivity (Wildman–Crippen MR) is 86.1 cm³/mol. The number of carbonyl (C=O) groups is 1. The highest BCUT2D eigenvalue weighted by atomic mass is 16.3. The van der Waals surface area contributed by atoms with Crippen LogP contribution in [0.3, 0.4) is 0 Å². The van der Waals surface area contributed by atoms with Crippen molar-refractivity contribution in [2.45, 2.75) is 51.8 Å². The second-order valence-corrected chi connectivity index (χ2v) is 6.88. The van der Waals surface area contributed by atoms with Crippen LogP contribution in [-0.4, -0.2) is 17.2 Å². The normalized spacial score (nSPS) is 27.6. The molecule has 0 heterocycles. The average molecular weight is 302 g/mol. The average Bonchev–Trinajstić information content (AvgIpc) is 3.16. The van der Waals surface area contributed by atoms with E-state index in [1.54, 1.807) is 0 Å². The van der Waals surface area contributed by atoms with Gasteiger partial charge in [0.2, 0.25) is 0 Å². The van der Waals surface area contributed by atoms with Gasteiger partial charge in [0, 0.05) is 12.6 Å². The summed E-state index contributed by atoms with van der Waals surface area (Å²) in [7, 11) is 0. The second-order valence-electron chi connectivity index (χ2n) is 6.88. The summed E-state index contributed by atoms with van der Waals surface area (Å²) in [6.07, 6.45) is 5.37. The third-order valence-electron chi connectivity index (χ3n) is 5.52. The lowest BCUT2D eigenvalue weighted by molar-refractivity contribution is 0.219. The highest BCUT2D eigenvalue weighted by Gasteiger charge is 2.42. The van der Waals surface area contributed by atoms with Gasteiger partial charge in [0.25, 0.3) is 0 Å². The number of hydrogen-bond acceptors (Lipinski definition) is 2. The van der Waals surface area contributed by atoms with Gasteiger partial charge in [-0.2, -0.15) is 0 Å². The third-order valence-corrected chi connectivity index (χ3v) is 5.52. The van der Waals surface area contributed by atoms with Gasteiger partial charge in [0.15, 0.2) is 0 Å². The molecule has 4 unspecified atom stereocenters. The minimum absolute atomic E-state index is 0.00101. The van der Waals surface area contributed by atoms with Crippen LogP contribution in [0, 0.1) is 17.8 Å². The zero-order valence-electron chi connectivity index (χ0n) is 13.2. The van der Waals surface area contributed by atoms with E-state index in [4.69, 9.17) is 0 Å². The van der Waals surface area contributed by atoms with Gasteiger partial charge in [-0.05, 0) is 55.1 Å². The number of amides is 2. The zero-order valence-corrected chi connectivity index (χ0v) is 13.2. The van der Waals surface area contributed by atoms with Gasteiger partial charge >= 0.3 is 6.03 Å². The molecular formula is C18H26N2O2. The highest BCUT2D eigenvalue weighted by Crippen LogP contribution is 2.49. The molecule has 4 nitrogen and oxygen atoms in total. The van der Waals surface area contributed by atoms with Crippen molar-refractivity contribution in [1.29, 1.82) is 0 Å². The molecule has 1 aromatic carbocycles. The van der Waals surface area contributed by atoms with E-state index in [0.29, 0.717) is 12.5 Å². The Hall–Kier alpha value is -1.55. The molecule has 1 aromatic rings. The molecule has 3 rings (SSSR count). The van der Waals surface area contributed by atoms with Crippen LogP contribution in [-0.2, 0) is 13.2 Å². The summed E-state index contributed by atoms with van der Waals surface area (Å²) in [4.78, 5) is 12.1. The first-order chi connectivity index (χ1) is 10.7. The van der Waals surface area contributed by atoms with Crippen molar-refractivity contribution in [3.05, 3.63) is 35.4 Å². The predicted octanol–water partition coefficient (Wildman–Crippen LogP) is 2.80. The van der Waals surface area contributed by atoms with E-state index >= 15 is 0 Å². The Bertz CT molecular complexity index is 532. The Kier molecular flexibility index (Phi) is 4.67. The van der Waals surface area contributed by atoms with Crippen molar-refractivity contribution in [2.24, 2.45) is 17.8 Å². The van der Waals surface area contributed by atoms with Crippen molar-refractivity contribution in [1.82, 2.24) is 10.6 Å². The zero-order chi connectivity index (χ0) is 15.5. The Balaban J connectivity index is 1.48. The Morgan fingerprint density at radius 3 is 2.68 bits per heavy atom. The maximum atomic E-state index is 12.1. The van der Waals surface area contributed by atoms with E-state index in [9.17, 15) is 9.90 Å². The highest BCUT2D eigenvalue weighted by molar-refractivity contribution is 5.74. The van der Waals surface area contributed by atoms with Crippen molar-refractivity contribution in [3.63, 3.8) is 0 Å². The molecule has 2 bridgehead atoms. The molecule has 0 aliphatic heterocycles. The number of carbonyl (C=O) groups excluding carboxylic acids is 1. The van der Waals surface area contributed by atoms with Gasteiger partial charge in [-0.15, -0.1) is 0 Å². The fraction of sp³-hybridized carbons (Fsp3) is 0.611. The number of nitrogens with one attached hydrogen (secondary N) is 2. The first-order valence-corrected chi connectivity index (χ1v) is 8.39. The minimum Gasteiger partial charge on any atom is -0.392 e. The SMILES string of the molecule is CC(NC(=O)NCc1ccccc1CO)C1CC2CCC1C2. The summed E-state index contributed by atoms with van der Waals surface area (Å²) >= 11 is 0. The molecule has 0 radical (unpaired) electrons. The van der Waals surface area contributed by atoms with Crippen LogP contribution < -0.4 is 10.6 Å². The smallest absolute Gasteiger partial charge is 0.315 e. The van der Waals surface area contributed by atoms with Crippen molar-refractivity contribution >= 4 is 6.03 Å². The van der Waals surface area contributed by atoms with Crippen LogP contribution in [0.2, 0.25) is 0 Å². The van der Waals surface area contributed by atoms with Gasteiger partial charge in [-0.25, -0.2) is 4.79 Å². The first kappa shape index (κ1) is 15.3. The molecule has 0 aromatic heterocycles. The molecular weight excluding hydrogens is 276 g/mol. The molecule has 22 heavy (non-hydrogen) atoms. The van der Waals surface area contributed by atoms with Crippen LogP contribution >= 0.6 is 0 Å². The molecule has 2 aliphatic carbocycles. The lowest BCUT2D eigenvalue weighted by Crippen LogP contribution is -2.45. The van der Waals surface area contributed by atoms with Crippen LogP contribution in [0.1, 0.15) is 43.7 Å². The lowest BCUT2D eigenvalue weighted by Gasteiger charge is -2.28. The van der Waals surface area contributed by atoms with E-state index in [0.717, 1.165) is 23.0 Å². The van der Waals surface area contributed by atoms with Crippen molar-refractivity contribution < 1.29 is 9.90 Å². The summed E-state index contributed by atoms with van der Waals surface area (Å²) in [5.74, 6) is 2.36. The van der Waals surface area contributed by atoms with Gasteiger partial charge in [-0.3, -0.25) is 0 Å². The number of aliphatic hydroxyl groups is 1. The van der Waals surface area contributed by atoms with Crippen molar-refractivity contribution in [2.75, 3.05) is 0 Å². The third kappa shape index (κ3) is 3.27. The Morgan fingerprint density at radius 2 is 2.05 bits per heavy atom. The van der Waals surface area contributed by atoms with E-state index in [-0.39, 0.29) is 18.7 Å². The number of benzene rings is 1. The van der Waals surface area contributed by atoms with Gasteiger partial charge in [0.1, 0.15) is 0 Å². The molecule has 2 fully saturated rings. The van der Waals surface area contributed by atoms with E-state index in [1.165, 1.54) is 25.7 Å². The molecule has 2 amide bonds. The Morgan fingerprint density at radius 1 is 1.27 bits per heavy atom. The minimum atomic E-state index is -0.108. The fourth-order valence-electron chi connectivity index (χ4n) is 4.33. The van der Waals surface area contributed by atoms with Gasteiger partial charge in [-0.1, -0.05) is 30.7 Å². The van der Waals surface area contributed by atoms with E-state index in [2.05, 4.69) is 17.6 Å². The second kappa shape index (κ2) is 6.69. The van der Waals surface area contributed by atoms with Crippen LogP contribution in [0.4, 0.5) is 4.79 Å². The summed E-state index contributed by atoms with van der Waals surface area (Å²) in [5.41, 5.74) is 1.83. The summed E-state index contributed by atoms with van der Waals surface area (Å²) in [6, 6.07) is 7.77. The molecule has 120 valence electrons. The maximum Gasteiger partial charge on any atom is 0.315 e. The molecule has 4 atom stereocenters. The van der Waals surface area contributed by atoms with Gasteiger partial charge < -0.3 is 15.7 Å². The molecule has 4 heteroatoms. The molecule has 0 spiro atoms. The number of urea groups is 1. The summed E-state index contributed by atoms with van der Waals surface area (Å²) in [5, 5.41) is 15.3. The summed E-state index contributed by atoms with van der Waals surface area (Å²) < 4.78 is 0. The molecule has 2 saturated carbocycles. The monoisotopic (exact) mass is 302 g/mol. The van der Waals surface area contributed by atoms with Crippen LogP contribution in [0.5, 0.6) is 0 Å². The quantitative estimate of drug-likeness (QED) is 0.783. The molecule has 0 saturated heterocycles.